The Balaban J connectivity index is 2.41. The van der Waals surface area contributed by atoms with Crippen molar-refractivity contribution in [2.24, 2.45) is 0 Å². The van der Waals surface area contributed by atoms with Crippen LogP contribution >= 0.6 is 12.2 Å². The minimum absolute atomic E-state index is 0.218. The predicted octanol–water partition coefficient (Wildman–Crippen LogP) is 4.58. The molecule has 102 valence electrons. The number of benzene rings is 2. The number of aromatic amines is 1. The van der Waals surface area contributed by atoms with Crippen LogP contribution in [0.3, 0.4) is 0 Å². The van der Waals surface area contributed by atoms with Crippen molar-refractivity contribution in [1.82, 2.24) is 9.55 Å². The first-order chi connectivity index (χ1) is 9.45. The second-order valence-corrected chi connectivity index (χ2v) is 5.28. The van der Waals surface area contributed by atoms with E-state index in [1.807, 2.05) is 32.0 Å². The number of aryl methyl sites for hydroxylation is 2. The van der Waals surface area contributed by atoms with Crippen LogP contribution in [0.15, 0.2) is 30.3 Å². The Bertz CT molecular complexity index is 857. The zero-order valence-electron chi connectivity index (χ0n) is 11.0. The van der Waals surface area contributed by atoms with Gasteiger partial charge in [-0.25, -0.2) is 8.78 Å². The highest BCUT2D eigenvalue weighted by Crippen LogP contribution is 2.24. The van der Waals surface area contributed by atoms with Crippen LogP contribution in [-0.2, 0) is 0 Å². The van der Waals surface area contributed by atoms with Crippen molar-refractivity contribution in [1.29, 1.82) is 0 Å². The third-order valence-corrected chi connectivity index (χ3v) is 3.46. The van der Waals surface area contributed by atoms with E-state index in [1.54, 1.807) is 4.57 Å². The zero-order valence-corrected chi connectivity index (χ0v) is 11.8. The summed E-state index contributed by atoms with van der Waals surface area (Å²) in [4.78, 5) is 2.80. The third-order valence-electron chi connectivity index (χ3n) is 3.17. The van der Waals surface area contributed by atoms with Crippen molar-refractivity contribution in [2.75, 3.05) is 0 Å². The van der Waals surface area contributed by atoms with Crippen LogP contribution in [0.25, 0.3) is 16.7 Å². The zero-order chi connectivity index (χ0) is 14.4. The molecular weight excluding hydrogens is 278 g/mol. The molecule has 5 heteroatoms. The Morgan fingerprint density at radius 3 is 2.30 bits per heavy atom. The summed E-state index contributed by atoms with van der Waals surface area (Å²) in [5.74, 6) is -1.27. The number of hydrogen-bond donors (Lipinski definition) is 1. The molecule has 0 amide bonds. The van der Waals surface area contributed by atoms with E-state index in [4.69, 9.17) is 12.2 Å². The lowest BCUT2D eigenvalue weighted by atomic mass is 10.1. The Morgan fingerprint density at radius 2 is 1.65 bits per heavy atom. The second-order valence-electron chi connectivity index (χ2n) is 4.89. The molecule has 2 aromatic carbocycles. The molecule has 0 aliphatic heterocycles. The summed E-state index contributed by atoms with van der Waals surface area (Å²) in [5, 5.41) is 0. The quantitative estimate of drug-likeness (QED) is 0.650. The average molecular weight is 290 g/mol. The minimum atomic E-state index is -0.644. The maximum absolute atomic E-state index is 13.8. The molecule has 1 aromatic heterocycles. The maximum atomic E-state index is 13.8. The lowest BCUT2D eigenvalue weighted by molar-refractivity contribution is 0.590. The molecule has 3 aromatic rings. The van der Waals surface area contributed by atoms with Gasteiger partial charge in [0.25, 0.3) is 0 Å². The lowest BCUT2D eigenvalue weighted by Crippen LogP contribution is -1.96. The Kier molecular flexibility index (Phi) is 2.94. The predicted molar refractivity (Wildman–Crippen MR) is 77.8 cm³/mol. The Labute approximate surface area is 119 Å². The van der Waals surface area contributed by atoms with Gasteiger partial charge in [-0.1, -0.05) is 6.07 Å². The molecule has 20 heavy (non-hydrogen) atoms. The molecule has 1 heterocycles. The minimum Gasteiger partial charge on any atom is -0.328 e. The van der Waals surface area contributed by atoms with Gasteiger partial charge in [0.15, 0.2) is 10.6 Å². The van der Waals surface area contributed by atoms with E-state index in [0.717, 1.165) is 22.9 Å². The summed E-state index contributed by atoms with van der Waals surface area (Å²) in [7, 11) is 0. The van der Waals surface area contributed by atoms with Gasteiger partial charge in [0.1, 0.15) is 11.3 Å². The fourth-order valence-corrected chi connectivity index (χ4v) is 2.77. The third kappa shape index (κ3) is 2.04. The topological polar surface area (TPSA) is 20.7 Å². The van der Waals surface area contributed by atoms with Crippen molar-refractivity contribution >= 4 is 23.3 Å². The first-order valence-electron chi connectivity index (χ1n) is 6.14. The number of nitrogens with zero attached hydrogens (tertiary/aromatic N) is 1. The van der Waals surface area contributed by atoms with Crippen molar-refractivity contribution in [2.45, 2.75) is 13.8 Å². The van der Waals surface area contributed by atoms with Gasteiger partial charge in [-0.05, 0) is 49.3 Å². The van der Waals surface area contributed by atoms with Gasteiger partial charge < -0.3 is 4.98 Å². The first-order valence-corrected chi connectivity index (χ1v) is 6.55. The van der Waals surface area contributed by atoms with Crippen LogP contribution in [0.5, 0.6) is 0 Å². The highest BCUT2D eigenvalue weighted by Gasteiger charge is 2.12. The number of nitrogens with one attached hydrogen (secondary N) is 1. The number of hydrogen-bond acceptors (Lipinski definition) is 1. The number of aromatic nitrogens is 2. The fourth-order valence-electron chi connectivity index (χ4n) is 2.47. The summed E-state index contributed by atoms with van der Waals surface area (Å²) < 4.78 is 29.2. The van der Waals surface area contributed by atoms with Crippen molar-refractivity contribution in [3.63, 3.8) is 0 Å². The van der Waals surface area contributed by atoms with Gasteiger partial charge in [0, 0.05) is 17.8 Å². The molecule has 0 aliphatic rings. The molecule has 0 spiro atoms. The standard InChI is InChI=1S/C15H12F2N2S/c1-8-3-9(2)5-11(4-8)19-13-7-10(16)6-12(17)14(13)18-15(19)20/h3-7H,1-2H3,(H,18,20). The molecule has 0 bridgehead atoms. The SMILES string of the molecule is Cc1cc(C)cc(-n2c(=S)[nH]c3c(F)cc(F)cc32)c1. The molecule has 0 aliphatic carbocycles. The number of H-pyrrole nitrogens is 1. The van der Waals surface area contributed by atoms with Gasteiger partial charge in [0.05, 0.1) is 5.52 Å². The number of rotatable bonds is 1. The van der Waals surface area contributed by atoms with Crippen LogP contribution in [0.4, 0.5) is 8.78 Å². The molecule has 2 nitrogen and oxygen atoms in total. The molecule has 0 radical (unpaired) electrons. The molecule has 0 atom stereocenters. The first kappa shape index (κ1) is 13.0. The van der Waals surface area contributed by atoms with Gasteiger partial charge >= 0.3 is 0 Å². The normalized spacial score (nSPS) is 11.2. The molecular formula is C15H12F2N2S. The average Bonchev–Trinajstić information content (AvgIpc) is 2.64. The van der Waals surface area contributed by atoms with E-state index in [9.17, 15) is 8.78 Å². The highest BCUT2D eigenvalue weighted by atomic mass is 32.1. The lowest BCUT2D eigenvalue weighted by Gasteiger charge is -2.07. The molecule has 0 saturated heterocycles. The van der Waals surface area contributed by atoms with Crippen LogP contribution in [-0.4, -0.2) is 9.55 Å². The van der Waals surface area contributed by atoms with E-state index < -0.39 is 11.6 Å². The van der Waals surface area contributed by atoms with Gasteiger partial charge in [-0.15, -0.1) is 0 Å². The van der Waals surface area contributed by atoms with Crippen molar-refractivity contribution in [3.8, 4) is 5.69 Å². The summed E-state index contributed by atoms with van der Waals surface area (Å²) >= 11 is 5.24. The number of halogens is 2. The molecule has 0 fully saturated rings. The Morgan fingerprint density at radius 1 is 1.00 bits per heavy atom. The molecule has 3 rings (SSSR count). The summed E-state index contributed by atoms with van der Waals surface area (Å²) in [5.41, 5.74) is 3.54. The summed E-state index contributed by atoms with van der Waals surface area (Å²) in [6.45, 7) is 3.94. The maximum Gasteiger partial charge on any atom is 0.182 e. The van der Waals surface area contributed by atoms with Gasteiger partial charge in [0.2, 0.25) is 0 Å². The Hall–Kier alpha value is -2.01. The fraction of sp³-hybridized carbons (Fsp3) is 0.133. The van der Waals surface area contributed by atoms with Crippen LogP contribution < -0.4 is 0 Å². The molecule has 1 N–H and O–H groups in total. The van der Waals surface area contributed by atoms with Crippen LogP contribution in [0.2, 0.25) is 0 Å². The van der Waals surface area contributed by atoms with Crippen molar-refractivity contribution < 1.29 is 8.78 Å². The van der Waals surface area contributed by atoms with Crippen LogP contribution in [0, 0.1) is 30.3 Å². The van der Waals surface area contributed by atoms with E-state index in [0.29, 0.717) is 10.3 Å². The van der Waals surface area contributed by atoms with Crippen molar-refractivity contribution in [3.05, 3.63) is 57.9 Å². The summed E-state index contributed by atoms with van der Waals surface area (Å²) in [6, 6.07) is 8.02. The van der Waals surface area contributed by atoms with Crippen LogP contribution in [0.1, 0.15) is 11.1 Å². The molecule has 0 unspecified atom stereocenters. The van der Waals surface area contributed by atoms with E-state index >= 15 is 0 Å². The van der Waals surface area contributed by atoms with Gasteiger partial charge in [-0.2, -0.15) is 0 Å². The van der Waals surface area contributed by atoms with E-state index in [2.05, 4.69) is 4.98 Å². The monoisotopic (exact) mass is 290 g/mol. The molecule has 0 saturated carbocycles. The second kappa shape index (κ2) is 4.52. The smallest absolute Gasteiger partial charge is 0.182 e. The highest BCUT2D eigenvalue weighted by molar-refractivity contribution is 7.71. The largest absolute Gasteiger partial charge is 0.328 e. The van der Waals surface area contributed by atoms with Gasteiger partial charge in [-0.3, -0.25) is 4.57 Å². The van der Waals surface area contributed by atoms with E-state index in [1.165, 1.54) is 6.07 Å². The number of fused-ring (bicyclic) bond motifs is 1. The summed E-state index contributed by atoms with van der Waals surface area (Å²) in [6.07, 6.45) is 0. The number of imidazole rings is 1. The van der Waals surface area contributed by atoms with E-state index in [-0.39, 0.29) is 5.52 Å².